The van der Waals surface area contributed by atoms with Gasteiger partial charge in [-0.25, -0.2) is 0 Å². The van der Waals surface area contributed by atoms with Crippen LogP contribution in [0.15, 0.2) is 11.6 Å². The Kier molecular flexibility index (Phi) is 8.05. The van der Waals surface area contributed by atoms with Gasteiger partial charge in [0.25, 0.3) is 0 Å². The van der Waals surface area contributed by atoms with Crippen LogP contribution >= 0.6 is 0 Å². The highest BCUT2D eigenvalue weighted by atomic mass is 16.7. The van der Waals surface area contributed by atoms with E-state index in [0.717, 1.165) is 44.9 Å². The van der Waals surface area contributed by atoms with E-state index >= 15 is 0 Å². The molecule has 256 valence electrons. The first-order chi connectivity index (χ1) is 20.8. The van der Waals surface area contributed by atoms with Crippen LogP contribution in [0.3, 0.4) is 0 Å². The second kappa shape index (κ2) is 10.7. The zero-order valence-electron chi connectivity index (χ0n) is 28.3. The van der Waals surface area contributed by atoms with Crippen molar-refractivity contribution in [3.63, 3.8) is 0 Å². The number of aliphatic hydroxyl groups is 5. The van der Waals surface area contributed by atoms with Crippen LogP contribution in [0.5, 0.6) is 0 Å². The normalized spacial score (nSPS) is 53.6. The summed E-state index contributed by atoms with van der Waals surface area (Å²) in [7, 11) is 0. The molecular formula is C36H58O9. The maximum Gasteiger partial charge on any atom is 0.312 e. The van der Waals surface area contributed by atoms with Gasteiger partial charge >= 0.3 is 5.97 Å². The molecule has 4 saturated carbocycles. The van der Waals surface area contributed by atoms with Crippen molar-refractivity contribution in [2.24, 2.45) is 50.2 Å². The Morgan fingerprint density at radius 1 is 0.889 bits per heavy atom. The summed E-state index contributed by atoms with van der Waals surface area (Å²) in [6.45, 7) is 15.6. The Hall–Kier alpha value is -1.07. The third-order valence-corrected chi connectivity index (χ3v) is 15.2. The Balaban J connectivity index is 1.31. The molecule has 0 bridgehead atoms. The minimum absolute atomic E-state index is 0.0210. The SMILES string of the molecule is CC1(C)CC[C@]2(C(=O)O)[C@H](O)C[C@]3(C)C(=CC[C@H]4[C@@]5(C)CC[C@H](O[C@H]6O[C@@H](CO)[C@H](O)[C@@H](O)[C@@H]6O)C(C)(C)[C@H]5CC[C@]43C)[C@H]2C1. The molecule has 0 radical (unpaired) electrons. The molecule has 0 aromatic rings. The van der Waals surface area contributed by atoms with E-state index in [1.807, 2.05) is 0 Å². The average Bonchev–Trinajstić information content (AvgIpc) is 2.94. The number of allylic oxidation sites excluding steroid dienone is 2. The van der Waals surface area contributed by atoms with E-state index in [1.165, 1.54) is 5.57 Å². The fourth-order valence-electron chi connectivity index (χ4n) is 12.3. The van der Waals surface area contributed by atoms with Crippen LogP contribution in [0.1, 0.15) is 106 Å². The summed E-state index contributed by atoms with van der Waals surface area (Å²) >= 11 is 0. The lowest BCUT2D eigenvalue weighted by Gasteiger charge is -2.71. The monoisotopic (exact) mass is 634 g/mol. The predicted molar refractivity (Wildman–Crippen MR) is 167 cm³/mol. The van der Waals surface area contributed by atoms with E-state index in [9.17, 15) is 35.4 Å². The first-order valence-electron chi connectivity index (χ1n) is 17.4. The van der Waals surface area contributed by atoms with Crippen molar-refractivity contribution in [3.8, 4) is 0 Å². The molecule has 45 heavy (non-hydrogen) atoms. The van der Waals surface area contributed by atoms with E-state index < -0.39 is 54.8 Å². The predicted octanol–water partition coefficient (Wildman–Crippen LogP) is 4.03. The molecule has 6 rings (SSSR count). The Bertz CT molecular complexity index is 1210. The number of hydrogen-bond acceptors (Lipinski definition) is 8. The fraction of sp³-hybridized carbons (Fsp3) is 0.917. The molecule has 0 aromatic heterocycles. The highest BCUT2D eigenvalue weighted by Gasteiger charge is 2.71. The van der Waals surface area contributed by atoms with Crippen molar-refractivity contribution in [1.82, 2.24) is 0 Å². The smallest absolute Gasteiger partial charge is 0.312 e. The molecule has 0 unspecified atom stereocenters. The third kappa shape index (κ3) is 4.54. The van der Waals surface area contributed by atoms with Gasteiger partial charge in [-0.2, -0.15) is 0 Å². The zero-order valence-corrected chi connectivity index (χ0v) is 28.3. The molecule has 1 aliphatic heterocycles. The van der Waals surface area contributed by atoms with E-state index in [0.29, 0.717) is 24.7 Å². The van der Waals surface area contributed by atoms with Crippen LogP contribution in [-0.2, 0) is 14.3 Å². The molecule has 6 N–H and O–H groups in total. The topological polar surface area (TPSA) is 157 Å². The van der Waals surface area contributed by atoms with Crippen LogP contribution in [-0.4, -0.2) is 86.1 Å². The van der Waals surface area contributed by atoms with Gasteiger partial charge in [-0.3, -0.25) is 4.79 Å². The molecular weight excluding hydrogens is 576 g/mol. The lowest BCUT2D eigenvalue weighted by atomic mass is 9.33. The highest BCUT2D eigenvalue weighted by Crippen LogP contribution is 2.76. The number of fused-ring (bicyclic) bond motifs is 7. The van der Waals surface area contributed by atoms with Gasteiger partial charge in [0.05, 0.1) is 18.8 Å². The Morgan fingerprint density at radius 3 is 2.22 bits per heavy atom. The number of rotatable bonds is 4. The van der Waals surface area contributed by atoms with Crippen molar-refractivity contribution < 1.29 is 44.9 Å². The number of carbonyl (C=O) groups is 1. The summed E-state index contributed by atoms with van der Waals surface area (Å²) in [5, 5.41) is 63.5. The first kappa shape index (κ1) is 33.8. The lowest BCUT2D eigenvalue weighted by Crippen LogP contribution is -2.68. The second-order valence-corrected chi connectivity index (χ2v) is 18.0. The molecule has 5 aliphatic carbocycles. The number of carboxylic acid groups (broad SMARTS) is 1. The van der Waals surface area contributed by atoms with E-state index in [2.05, 4.69) is 54.5 Å². The molecule has 14 atom stereocenters. The van der Waals surface area contributed by atoms with Crippen LogP contribution in [0.4, 0.5) is 0 Å². The Morgan fingerprint density at radius 2 is 1.58 bits per heavy atom. The van der Waals surface area contributed by atoms with Crippen LogP contribution < -0.4 is 0 Å². The van der Waals surface area contributed by atoms with E-state index in [-0.39, 0.29) is 39.1 Å². The molecule has 5 fully saturated rings. The molecule has 0 amide bonds. The van der Waals surface area contributed by atoms with Crippen LogP contribution in [0.25, 0.3) is 0 Å². The quantitative estimate of drug-likeness (QED) is 0.199. The first-order valence-corrected chi connectivity index (χ1v) is 17.4. The summed E-state index contributed by atoms with van der Waals surface area (Å²) in [5.41, 5.74) is -0.571. The largest absolute Gasteiger partial charge is 0.481 e. The average molecular weight is 635 g/mol. The zero-order chi connectivity index (χ0) is 33.1. The van der Waals surface area contributed by atoms with Gasteiger partial charge in [0.15, 0.2) is 6.29 Å². The summed E-state index contributed by atoms with van der Waals surface area (Å²) in [4.78, 5) is 13.0. The summed E-state index contributed by atoms with van der Waals surface area (Å²) in [6.07, 6.45) is 1.79. The minimum atomic E-state index is -1.47. The van der Waals surface area contributed by atoms with Gasteiger partial charge in [0, 0.05) is 0 Å². The molecule has 1 saturated heterocycles. The number of ether oxygens (including phenoxy) is 2. The minimum Gasteiger partial charge on any atom is -0.481 e. The summed E-state index contributed by atoms with van der Waals surface area (Å²) < 4.78 is 12.2. The van der Waals surface area contributed by atoms with E-state index in [1.54, 1.807) is 0 Å². The van der Waals surface area contributed by atoms with Gasteiger partial charge in [0.2, 0.25) is 0 Å². The van der Waals surface area contributed by atoms with Crippen LogP contribution in [0.2, 0.25) is 0 Å². The van der Waals surface area contributed by atoms with Gasteiger partial charge in [-0.15, -0.1) is 0 Å². The standard InChI is InChI=1S/C36H58O9/c1-31(2)14-15-36(30(42)43)20(16-31)19-8-9-23-33(5)12-11-25(45-29-28(41)27(40)26(39)21(18-37)44-29)32(3,4)22(33)10-13-34(23,6)35(19,7)17-24(36)38/h8,20-29,37-41H,9-18H2,1-7H3,(H,42,43)/t20-,21+,22-,23+,24-,25+,26+,27-,28+,29-,33+,34-,35-,36-/m1/s1. The van der Waals surface area contributed by atoms with E-state index in [4.69, 9.17) is 9.47 Å². The molecule has 0 aromatic carbocycles. The molecule has 1 heterocycles. The van der Waals surface area contributed by atoms with Gasteiger partial charge < -0.3 is 40.1 Å². The van der Waals surface area contributed by atoms with Crippen molar-refractivity contribution in [2.75, 3.05) is 6.61 Å². The highest BCUT2D eigenvalue weighted by molar-refractivity contribution is 5.77. The second-order valence-electron chi connectivity index (χ2n) is 18.0. The maximum atomic E-state index is 13.0. The van der Waals surface area contributed by atoms with Gasteiger partial charge in [0.1, 0.15) is 29.8 Å². The van der Waals surface area contributed by atoms with Gasteiger partial charge in [-0.1, -0.05) is 60.1 Å². The van der Waals surface area contributed by atoms with Gasteiger partial charge in [-0.05, 0) is 103 Å². The van der Waals surface area contributed by atoms with Crippen molar-refractivity contribution in [1.29, 1.82) is 0 Å². The molecule has 9 heteroatoms. The molecule has 9 nitrogen and oxygen atoms in total. The molecule has 6 aliphatic rings. The number of hydrogen-bond donors (Lipinski definition) is 6. The number of aliphatic hydroxyl groups excluding tert-OH is 5. The Labute approximate surface area is 268 Å². The number of aliphatic carboxylic acids is 1. The lowest BCUT2D eigenvalue weighted by molar-refractivity contribution is -0.330. The van der Waals surface area contributed by atoms with Crippen LogP contribution in [0, 0.1) is 50.2 Å². The van der Waals surface area contributed by atoms with Crippen molar-refractivity contribution >= 4 is 5.97 Å². The summed E-state index contributed by atoms with van der Waals surface area (Å²) in [6, 6.07) is 0. The third-order valence-electron chi connectivity index (χ3n) is 15.2. The maximum absolute atomic E-state index is 13.0. The molecule has 0 spiro atoms. The van der Waals surface area contributed by atoms with Crippen molar-refractivity contribution in [2.45, 2.75) is 149 Å². The summed E-state index contributed by atoms with van der Waals surface area (Å²) in [5.74, 6) is -0.382. The number of carboxylic acids is 1. The van der Waals surface area contributed by atoms with Crippen molar-refractivity contribution in [3.05, 3.63) is 11.6 Å². The fourth-order valence-corrected chi connectivity index (χ4v) is 12.3.